The molecule has 3 nitrogen and oxygen atoms in total. The van der Waals surface area contributed by atoms with Crippen LogP contribution in [0.5, 0.6) is 0 Å². The van der Waals surface area contributed by atoms with Crippen LogP contribution in [-0.4, -0.2) is 32.5 Å². The molecule has 0 unspecified atom stereocenters. The third-order valence-electron chi connectivity index (χ3n) is 1.92. The standard InChI is InChI=1S/C8H9BrF3NO2S2/c1-13(5-4-8(10,11)12)17(14,15)7-3-2-6(9)16-7/h2-3H,4-5H2,1H3. The Morgan fingerprint density at radius 1 is 1.41 bits per heavy atom. The molecule has 0 atom stereocenters. The van der Waals surface area contributed by atoms with Crippen LogP contribution in [0.3, 0.4) is 0 Å². The molecule has 98 valence electrons. The first kappa shape index (κ1) is 14.9. The summed E-state index contributed by atoms with van der Waals surface area (Å²) in [6.07, 6.45) is -5.52. The zero-order chi connectivity index (χ0) is 13.3. The van der Waals surface area contributed by atoms with Crippen LogP contribution in [0, 0.1) is 0 Å². The SMILES string of the molecule is CN(CCC(F)(F)F)S(=O)(=O)c1ccc(Br)s1. The second-order valence-corrected chi connectivity index (χ2v) is 7.99. The molecule has 17 heavy (non-hydrogen) atoms. The highest BCUT2D eigenvalue weighted by atomic mass is 79.9. The first-order chi connectivity index (χ1) is 7.63. The molecule has 1 heterocycles. The van der Waals surface area contributed by atoms with E-state index in [1.807, 2.05) is 0 Å². The van der Waals surface area contributed by atoms with Crippen molar-refractivity contribution in [2.45, 2.75) is 16.8 Å². The quantitative estimate of drug-likeness (QED) is 0.835. The molecular weight excluding hydrogens is 343 g/mol. The lowest BCUT2D eigenvalue weighted by Crippen LogP contribution is -2.30. The van der Waals surface area contributed by atoms with Gasteiger partial charge in [0.1, 0.15) is 4.21 Å². The van der Waals surface area contributed by atoms with Gasteiger partial charge in [-0.15, -0.1) is 11.3 Å². The van der Waals surface area contributed by atoms with E-state index >= 15 is 0 Å². The molecule has 9 heteroatoms. The molecule has 0 aliphatic rings. The molecule has 0 saturated carbocycles. The van der Waals surface area contributed by atoms with Crippen LogP contribution in [-0.2, 0) is 10.0 Å². The summed E-state index contributed by atoms with van der Waals surface area (Å²) in [4.78, 5) is 0. The van der Waals surface area contributed by atoms with Gasteiger partial charge in [-0.25, -0.2) is 8.42 Å². The Kier molecular flexibility index (Phi) is 4.61. The maximum absolute atomic E-state index is 12.0. The van der Waals surface area contributed by atoms with Crippen molar-refractivity contribution in [1.82, 2.24) is 4.31 Å². The Hall–Kier alpha value is -0.120. The van der Waals surface area contributed by atoms with Crippen molar-refractivity contribution in [1.29, 1.82) is 0 Å². The average Bonchev–Trinajstić information content (AvgIpc) is 2.60. The summed E-state index contributed by atoms with van der Waals surface area (Å²) in [6, 6.07) is 2.89. The number of nitrogens with zero attached hydrogens (tertiary/aromatic N) is 1. The van der Waals surface area contributed by atoms with E-state index in [9.17, 15) is 21.6 Å². The Bertz CT molecular complexity index is 483. The maximum Gasteiger partial charge on any atom is 0.390 e. The van der Waals surface area contributed by atoms with Crippen LogP contribution in [0.25, 0.3) is 0 Å². The molecule has 0 fully saturated rings. The molecule has 0 saturated heterocycles. The van der Waals surface area contributed by atoms with Gasteiger partial charge in [0.25, 0.3) is 10.0 Å². The topological polar surface area (TPSA) is 37.4 Å². The Labute approximate surface area is 109 Å². The smallest absolute Gasteiger partial charge is 0.206 e. The lowest BCUT2D eigenvalue weighted by Gasteiger charge is -2.16. The summed E-state index contributed by atoms with van der Waals surface area (Å²) in [5, 5.41) is 0. The summed E-state index contributed by atoms with van der Waals surface area (Å²) in [7, 11) is -2.69. The third kappa shape index (κ3) is 4.23. The van der Waals surface area contributed by atoms with Crippen LogP contribution in [0.2, 0.25) is 0 Å². The summed E-state index contributed by atoms with van der Waals surface area (Å²) in [5.41, 5.74) is 0. The average molecular weight is 352 g/mol. The fourth-order valence-corrected chi connectivity index (χ4v) is 4.39. The minimum atomic E-state index is -4.36. The number of alkyl halides is 3. The molecule has 1 aromatic heterocycles. The van der Waals surface area contributed by atoms with Crippen molar-refractivity contribution >= 4 is 37.3 Å². The minimum absolute atomic E-state index is 0.0223. The van der Waals surface area contributed by atoms with E-state index < -0.39 is 29.2 Å². The predicted octanol–water partition coefficient (Wildman–Crippen LogP) is 3.08. The summed E-state index contributed by atoms with van der Waals surface area (Å²) >= 11 is 4.06. The zero-order valence-electron chi connectivity index (χ0n) is 8.66. The molecule has 0 aliphatic carbocycles. The van der Waals surface area contributed by atoms with Crippen LogP contribution < -0.4 is 0 Å². The summed E-state index contributed by atoms with van der Waals surface area (Å²) in [5.74, 6) is 0. The molecule has 0 N–H and O–H groups in total. The lowest BCUT2D eigenvalue weighted by molar-refractivity contribution is -0.135. The number of hydrogen-bond donors (Lipinski definition) is 0. The maximum atomic E-state index is 12.0. The summed E-state index contributed by atoms with van der Waals surface area (Å²) in [6.45, 7) is -0.582. The van der Waals surface area contributed by atoms with Crippen molar-refractivity contribution in [2.24, 2.45) is 0 Å². The Morgan fingerprint density at radius 2 is 2.00 bits per heavy atom. The Balaban J connectivity index is 2.78. The second-order valence-electron chi connectivity index (χ2n) is 3.25. The highest BCUT2D eigenvalue weighted by molar-refractivity contribution is 9.11. The first-order valence-corrected chi connectivity index (χ1v) is 7.46. The van der Waals surface area contributed by atoms with Crippen LogP contribution in [0.1, 0.15) is 6.42 Å². The molecule has 0 aliphatic heterocycles. The first-order valence-electron chi connectivity index (χ1n) is 4.41. The van der Waals surface area contributed by atoms with Gasteiger partial charge in [0.15, 0.2) is 0 Å². The van der Waals surface area contributed by atoms with E-state index in [-0.39, 0.29) is 4.21 Å². The van der Waals surface area contributed by atoms with Gasteiger partial charge in [-0.2, -0.15) is 17.5 Å². The van der Waals surface area contributed by atoms with Gasteiger partial charge in [0.2, 0.25) is 0 Å². The highest BCUT2D eigenvalue weighted by Crippen LogP contribution is 2.28. The Morgan fingerprint density at radius 3 is 2.41 bits per heavy atom. The fourth-order valence-electron chi connectivity index (χ4n) is 0.994. The molecule has 0 radical (unpaired) electrons. The fraction of sp³-hybridized carbons (Fsp3) is 0.500. The third-order valence-corrected chi connectivity index (χ3v) is 5.87. The van der Waals surface area contributed by atoms with Crippen LogP contribution >= 0.6 is 27.3 Å². The molecular formula is C8H9BrF3NO2S2. The molecule has 1 rings (SSSR count). The van der Waals surface area contributed by atoms with Crippen molar-refractivity contribution in [3.8, 4) is 0 Å². The van der Waals surface area contributed by atoms with E-state index in [1.165, 1.54) is 12.1 Å². The molecule has 1 aromatic rings. The molecule has 0 spiro atoms. The normalized spacial score (nSPS) is 13.3. The van der Waals surface area contributed by atoms with Gasteiger partial charge in [-0.1, -0.05) is 0 Å². The van der Waals surface area contributed by atoms with Crippen molar-refractivity contribution < 1.29 is 21.6 Å². The summed E-state index contributed by atoms with van der Waals surface area (Å²) < 4.78 is 60.9. The molecule has 0 bridgehead atoms. The highest BCUT2D eigenvalue weighted by Gasteiger charge is 2.30. The van der Waals surface area contributed by atoms with E-state index in [1.54, 1.807) is 0 Å². The van der Waals surface area contributed by atoms with E-state index in [0.717, 1.165) is 18.4 Å². The number of thiophene rings is 1. The van der Waals surface area contributed by atoms with Crippen molar-refractivity contribution in [2.75, 3.05) is 13.6 Å². The van der Waals surface area contributed by atoms with Crippen molar-refractivity contribution in [3.05, 3.63) is 15.9 Å². The second kappa shape index (κ2) is 5.25. The van der Waals surface area contributed by atoms with Gasteiger partial charge in [-0.3, -0.25) is 0 Å². The monoisotopic (exact) mass is 351 g/mol. The number of sulfonamides is 1. The number of halogens is 4. The lowest BCUT2D eigenvalue weighted by atomic mass is 10.4. The number of hydrogen-bond acceptors (Lipinski definition) is 3. The van der Waals surface area contributed by atoms with Gasteiger partial charge >= 0.3 is 6.18 Å². The minimum Gasteiger partial charge on any atom is -0.206 e. The van der Waals surface area contributed by atoms with Gasteiger partial charge in [0, 0.05) is 13.6 Å². The largest absolute Gasteiger partial charge is 0.390 e. The van der Waals surface area contributed by atoms with E-state index in [0.29, 0.717) is 8.09 Å². The van der Waals surface area contributed by atoms with Crippen molar-refractivity contribution in [3.63, 3.8) is 0 Å². The zero-order valence-corrected chi connectivity index (χ0v) is 11.9. The van der Waals surface area contributed by atoms with Gasteiger partial charge in [-0.05, 0) is 28.1 Å². The van der Waals surface area contributed by atoms with Crippen LogP contribution in [0.15, 0.2) is 20.1 Å². The van der Waals surface area contributed by atoms with Crippen LogP contribution in [0.4, 0.5) is 13.2 Å². The van der Waals surface area contributed by atoms with E-state index in [2.05, 4.69) is 15.9 Å². The van der Waals surface area contributed by atoms with Gasteiger partial charge in [0.05, 0.1) is 10.2 Å². The predicted molar refractivity (Wildman–Crippen MR) is 62.5 cm³/mol. The molecule has 0 amide bonds. The van der Waals surface area contributed by atoms with Gasteiger partial charge < -0.3 is 0 Å². The molecule has 0 aromatic carbocycles. The van der Waals surface area contributed by atoms with E-state index in [4.69, 9.17) is 0 Å². The number of rotatable bonds is 4.